The first-order valence-electron chi connectivity index (χ1n) is 3.76. The van der Waals surface area contributed by atoms with Crippen LogP contribution in [0.15, 0.2) is 22.8 Å². The molecule has 0 amide bonds. The van der Waals surface area contributed by atoms with Crippen LogP contribution in [-0.2, 0) is 0 Å². The molecule has 72 valence electrons. The number of nitrogens with zero attached hydrogens (tertiary/aromatic N) is 2. The number of nitrogens with two attached hydrogens (primary N) is 1. The van der Waals surface area contributed by atoms with Crippen molar-refractivity contribution in [1.29, 1.82) is 0 Å². The Bertz CT molecular complexity index is 521. The molecule has 0 aliphatic rings. The van der Waals surface area contributed by atoms with E-state index in [9.17, 15) is 4.79 Å². The number of halogens is 1. The fourth-order valence-corrected chi connectivity index (χ4v) is 1.53. The molecule has 5 nitrogen and oxygen atoms in total. The number of imidazole rings is 1. The fraction of sp³-hybridized carbons (Fsp3) is 0. The second kappa shape index (κ2) is 2.98. The van der Waals surface area contributed by atoms with Crippen LogP contribution in [0.1, 0.15) is 10.5 Å². The van der Waals surface area contributed by atoms with Crippen molar-refractivity contribution in [2.24, 2.45) is 0 Å². The first kappa shape index (κ1) is 9.01. The van der Waals surface area contributed by atoms with E-state index in [1.165, 1.54) is 4.40 Å². The number of anilines is 1. The Kier molecular flexibility index (Phi) is 1.92. The van der Waals surface area contributed by atoms with Gasteiger partial charge in [-0.2, -0.15) is 0 Å². The minimum atomic E-state index is -1.12. The smallest absolute Gasteiger partial charge is 0.358 e. The van der Waals surface area contributed by atoms with Crippen LogP contribution >= 0.6 is 15.9 Å². The van der Waals surface area contributed by atoms with Gasteiger partial charge in [0.25, 0.3) is 0 Å². The standard InChI is InChI=1S/C8H6BrN3O2/c9-4-1-2-5-11-6(8(13)14)7(10)12(5)3-4/h1-3H,10H2,(H,13,14). The molecule has 0 spiro atoms. The summed E-state index contributed by atoms with van der Waals surface area (Å²) in [5.41, 5.74) is 6.00. The minimum Gasteiger partial charge on any atom is -0.476 e. The number of hydrogen-bond acceptors (Lipinski definition) is 3. The molecule has 2 rings (SSSR count). The average molecular weight is 256 g/mol. The summed E-state index contributed by atoms with van der Waals surface area (Å²) >= 11 is 3.26. The first-order valence-corrected chi connectivity index (χ1v) is 4.55. The molecule has 6 heteroatoms. The van der Waals surface area contributed by atoms with Crippen LogP contribution in [0.25, 0.3) is 5.65 Å². The number of carboxylic acid groups (broad SMARTS) is 1. The van der Waals surface area contributed by atoms with E-state index in [1.807, 2.05) is 0 Å². The number of pyridine rings is 1. The highest BCUT2D eigenvalue weighted by molar-refractivity contribution is 9.10. The third-order valence-corrected chi connectivity index (χ3v) is 2.29. The van der Waals surface area contributed by atoms with E-state index in [1.54, 1.807) is 18.3 Å². The van der Waals surface area contributed by atoms with Gasteiger partial charge in [0.2, 0.25) is 0 Å². The van der Waals surface area contributed by atoms with Crippen LogP contribution in [0.3, 0.4) is 0 Å². The molecule has 0 aromatic carbocycles. The number of fused-ring (bicyclic) bond motifs is 1. The van der Waals surface area contributed by atoms with Crippen LogP contribution in [0.2, 0.25) is 0 Å². The number of aromatic carboxylic acids is 1. The van der Waals surface area contributed by atoms with Crippen LogP contribution in [0, 0.1) is 0 Å². The van der Waals surface area contributed by atoms with Gasteiger partial charge in [0.1, 0.15) is 11.5 Å². The summed E-state index contributed by atoms with van der Waals surface area (Å²) in [4.78, 5) is 14.6. The number of hydrogen-bond donors (Lipinski definition) is 2. The van der Waals surface area contributed by atoms with Crippen LogP contribution < -0.4 is 5.73 Å². The predicted molar refractivity (Wildman–Crippen MR) is 54.3 cm³/mol. The van der Waals surface area contributed by atoms with Crippen molar-refractivity contribution in [2.75, 3.05) is 5.73 Å². The maximum Gasteiger partial charge on any atom is 0.358 e. The van der Waals surface area contributed by atoms with Crippen molar-refractivity contribution in [3.05, 3.63) is 28.5 Å². The molecule has 0 unspecified atom stereocenters. The van der Waals surface area contributed by atoms with E-state index in [2.05, 4.69) is 20.9 Å². The van der Waals surface area contributed by atoms with Gasteiger partial charge in [-0.25, -0.2) is 9.78 Å². The molecule has 0 radical (unpaired) electrons. The van der Waals surface area contributed by atoms with Crippen molar-refractivity contribution in [3.63, 3.8) is 0 Å². The molecule has 0 atom stereocenters. The van der Waals surface area contributed by atoms with Gasteiger partial charge in [-0.1, -0.05) is 0 Å². The minimum absolute atomic E-state index is 0.122. The summed E-state index contributed by atoms with van der Waals surface area (Å²) < 4.78 is 2.33. The van der Waals surface area contributed by atoms with Crippen molar-refractivity contribution < 1.29 is 9.90 Å². The van der Waals surface area contributed by atoms with Crippen LogP contribution in [-0.4, -0.2) is 20.5 Å². The number of aromatic nitrogens is 2. The molecule has 14 heavy (non-hydrogen) atoms. The van der Waals surface area contributed by atoms with Crippen molar-refractivity contribution in [3.8, 4) is 0 Å². The lowest BCUT2D eigenvalue weighted by Gasteiger charge is -1.96. The largest absolute Gasteiger partial charge is 0.476 e. The van der Waals surface area contributed by atoms with Gasteiger partial charge in [0.05, 0.1) is 0 Å². The number of carbonyl (C=O) groups is 1. The number of carboxylic acids is 1. The van der Waals surface area contributed by atoms with Crippen LogP contribution in [0.4, 0.5) is 5.82 Å². The Labute approximate surface area is 87.3 Å². The molecule has 0 bridgehead atoms. The zero-order valence-corrected chi connectivity index (χ0v) is 8.52. The molecule has 0 aliphatic heterocycles. The summed E-state index contributed by atoms with van der Waals surface area (Å²) in [5.74, 6) is -0.990. The van der Waals surface area contributed by atoms with E-state index in [0.717, 1.165) is 4.47 Å². The highest BCUT2D eigenvalue weighted by atomic mass is 79.9. The molecule has 2 heterocycles. The zero-order chi connectivity index (χ0) is 10.3. The Morgan fingerprint density at radius 2 is 2.29 bits per heavy atom. The molecular weight excluding hydrogens is 250 g/mol. The molecule has 3 N–H and O–H groups in total. The Morgan fingerprint density at radius 1 is 1.57 bits per heavy atom. The van der Waals surface area contributed by atoms with E-state index >= 15 is 0 Å². The maximum atomic E-state index is 10.7. The quantitative estimate of drug-likeness (QED) is 0.807. The number of rotatable bonds is 1. The third kappa shape index (κ3) is 1.24. The molecule has 0 aliphatic carbocycles. The third-order valence-electron chi connectivity index (χ3n) is 1.82. The van der Waals surface area contributed by atoms with Gasteiger partial charge in [0, 0.05) is 10.7 Å². The first-order chi connectivity index (χ1) is 6.59. The summed E-state index contributed by atoms with van der Waals surface area (Å²) in [6, 6.07) is 3.46. The van der Waals surface area contributed by atoms with E-state index in [0.29, 0.717) is 5.65 Å². The highest BCUT2D eigenvalue weighted by Crippen LogP contribution is 2.18. The van der Waals surface area contributed by atoms with E-state index in [-0.39, 0.29) is 11.5 Å². The second-order valence-electron chi connectivity index (χ2n) is 2.73. The molecule has 2 aromatic rings. The summed E-state index contributed by atoms with van der Waals surface area (Å²) in [6.07, 6.45) is 1.67. The Balaban J connectivity index is 2.80. The monoisotopic (exact) mass is 255 g/mol. The second-order valence-corrected chi connectivity index (χ2v) is 3.64. The van der Waals surface area contributed by atoms with Gasteiger partial charge in [-0.15, -0.1) is 0 Å². The predicted octanol–water partition coefficient (Wildman–Crippen LogP) is 1.38. The van der Waals surface area contributed by atoms with Gasteiger partial charge < -0.3 is 10.8 Å². The molecule has 0 fully saturated rings. The Morgan fingerprint density at radius 3 is 2.93 bits per heavy atom. The normalized spacial score (nSPS) is 10.6. The van der Waals surface area contributed by atoms with Gasteiger partial charge in [-0.05, 0) is 28.1 Å². The topological polar surface area (TPSA) is 80.6 Å². The highest BCUT2D eigenvalue weighted by Gasteiger charge is 2.15. The Hall–Kier alpha value is -1.56. The summed E-state index contributed by atoms with van der Waals surface area (Å²) in [5, 5.41) is 8.77. The lowest BCUT2D eigenvalue weighted by molar-refractivity contribution is 0.0692. The molecular formula is C8H6BrN3O2. The summed E-state index contributed by atoms with van der Waals surface area (Å²) in [7, 11) is 0. The van der Waals surface area contributed by atoms with Crippen LogP contribution in [0.5, 0.6) is 0 Å². The summed E-state index contributed by atoms with van der Waals surface area (Å²) in [6.45, 7) is 0. The van der Waals surface area contributed by atoms with Gasteiger partial charge >= 0.3 is 5.97 Å². The molecule has 0 saturated heterocycles. The molecule has 2 aromatic heterocycles. The van der Waals surface area contributed by atoms with E-state index in [4.69, 9.17) is 10.8 Å². The zero-order valence-electron chi connectivity index (χ0n) is 6.94. The lowest BCUT2D eigenvalue weighted by Crippen LogP contribution is -2.02. The lowest BCUT2D eigenvalue weighted by atomic mass is 10.4. The van der Waals surface area contributed by atoms with Crippen molar-refractivity contribution in [2.45, 2.75) is 0 Å². The van der Waals surface area contributed by atoms with Crippen molar-refractivity contribution >= 4 is 33.4 Å². The van der Waals surface area contributed by atoms with Crippen molar-refractivity contribution in [1.82, 2.24) is 9.38 Å². The molecule has 0 saturated carbocycles. The van der Waals surface area contributed by atoms with Gasteiger partial charge in [-0.3, -0.25) is 4.40 Å². The fourth-order valence-electron chi connectivity index (χ4n) is 1.19. The maximum absolute atomic E-state index is 10.7. The van der Waals surface area contributed by atoms with Gasteiger partial charge in [0.15, 0.2) is 5.69 Å². The van der Waals surface area contributed by atoms with E-state index < -0.39 is 5.97 Å². The average Bonchev–Trinajstić information content (AvgIpc) is 2.44. The SMILES string of the molecule is Nc1c(C(=O)O)nc2ccc(Br)cn12. The number of nitrogen functional groups attached to an aromatic ring is 1.